The first-order valence-electron chi connectivity index (χ1n) is 5.98. The van der Waals surface area contributed by atoms with Gasteiger partial charge in [0.15, 0.2) is 0 Å². The predicted octanol–water partition coefficient (Wildman–Crippen LogP) is 1.89. The summed E-state index contributed by atoms with van der Waals surface area (Å²) in [5.41, 5.74) is 0.548. The van der Waals surface area contributed by atoms with Gasteiger partial charge in [-0.1, -0.05) is 19.9 Å². The van der Waals surface area contributed by atoms with Gasteiger partial charge in [0.2, 0.25) is 5.82 Å². The summed E-state index contributed by atoms with van der Waals surface area (Å²) in [6, 6.07) is 6.02. The van der Waals surface area contributed by atoms with Crippen molar-refractivity contribution in [2.24, 2.45) is 0 Å². The Morgan fingerprint density at radius 1 is 1.42 bits per heavy atom. The van der Waals surface area contributed by atoms with Crippen molar-refractivity contribution in [1.29, 1.82) is 0 Å². The van der Waals surface area contributed by atoms with Gasteiger partial charge < -0.3 is 5.32 Å². The van der Waals surface area contributed by atoms with Crippen LogP contribution in [0.2, 0.25) is 0 Å². The molecule has 0 aliphatic rings. The van der Waals surface area contributed by atoms with Crippen molar-refractivity contribution in [3.8, 4) is 5.69 Å². The molecule has 5 nitrogen and oxygen atoms in total. The number of nitrogens with zero attached hydrogens (tertiary/aromatic N) is 3. The van der Waals surface area contributed by atoms with E-state index in [1.165, 1.54) is 23.9 Å². The Bertz CT molecular complexity index is 606. The van der Waals surface area contributed by atoms with E-state index in [0.717, 1.165) is 0 Å². The molecule has 2 rings (SSSR count). The SMILES string of the molecule is CNC(=O)c1nc(C(C)C)n(-c2cccc(F)c2)n1. The third-order valence-electron chi connectivity index (χ3n) is 2.63. The largest absolute Gasteiger partial charge is 0.352 e. The molecule has 6 heteroatoms. The van der Waals surface area contributed by atoms with Crippen LogP contribution in [0.1, 0.15) is 36.2 Å². The standard InChI is InChI=1S/C13H15FN4O/c1-8(2)12-16-11(13(19)15-3)17-18(12)10-6-4-5-9(14)7-10/h4-8H,1-3H3,(H,15,19). The highest BCUT2D eigenvalue weighted by Crippen LogP contribution is 2.18. The Kier molecular flexibility index (Phi) is 3.59. The van der Waals surface area contributed by atoms with E-state index < -0.39 is 0 Å². The molecular formula is C13H15FN4O. The lowest BCUT2D eigenvalue weighted by molar-refractivity contribution is 0.0953. The summed E-state index contributed by atoms with van der Waals surface area (Å²) in [6.07, 6.45) is 0. The normalized spacial score (nSPS) is 10.8. The van der Waals surface area contributed by atoms with Crippen molar-refractivity contribution in [2.75, 3.05) is 7.05 Å². The molecule has 0 saturated heterocycles. The van der Waals surface area contributed by atoms with E-state index in [9.17, 15) is 9.18 Å². The first-order chi connectivity index (χ1) is 9.02. The van der Waals surface area contributed by atoms with Crippen molar-refractivity contribution in [3.63, 3.8) is 0 Å². The van der Waals surface area contributed by atoms with Gasteiger partial charge in [0.05, 0.1) is 5.69 Å². The molecule has 1 amide bonds. The van der Waals surface area contributed by atoms with Crippen LogP contribution in [0.4, 0.5) is 4.39 Å². The number of nitrogens with one attached hydrogen (secondary N) is 1. The zero-order valence-electron chi connectivity index (χ0n) is 11.0. The molecule has 0 unspecified atom stereocenters. The van der Waals surface area contributed by atoms with E-state index in [-0.39, 0.29) is 23.5 Å². The maximum absolute atomic E-state index is 13.3. The van der Waals surface area contributed by atoms with E-state index in [1.807, 2.05) is 13.8 Å². The average molecular weight is 262 g/mol. The van der Waals surface area contributed by atoms with Crippen LogP contribution < -0.4 is 5.32 Å². The first kappa shape index (κ1) is 13.2. The predicted molar refractivity (Wildman–Crippen MR) is 68.8 cm³/mol. The van der Waals surface area contributed by atoms with Gasteiger partial charge in [-0.3, -0.25) is 4.79 Å². The Morgan fingerprint density at radius 2 is 2.16 bits per heavy atom. The van der Waals surface area contributed by atoms with Crippen LogP contribution in [0.25, 0.3) is 5.69 Å². The quantitative estimate of drug-likeness (QED) is 0.918. The van der Waals surface area contributed by atoms with Crippen LogP contribution in [0.3, 0.4) is 0 Å². The number of benzene rings is 1. The zero-order chi connectivity index (χ0) is 14.0. The molecular weight excluding hydrogens is 247 g/mol. The summed E-state index contributed by atoms with van der Waals surface area (Å²) in [5, 5.41) is 6.61. The van der Waals surface area contributed by atoms with Crippen LogP contribution in [0.15, 0.2) is 24.3 Å². The number of aromatic nitrogens is 3. The molecule has 19 heavy (non-hydrogen) atoms. The Hall–Kier alpha value is -2.24. The molecule has 0 aliphatic heterocycles. The molecule has 0 bridgehead atoms. The molecule has 2 aromatic rings. The van der Waals surface area contributed by atoms with E-state index in [4.69, 9.17) is 0 Å². The number of carbonyl (C=O) groups excluding carboxylic acids is 1. The van der Waals surface area contributed by atoms with Gasteiger partial charge in [0.25, 0.3) is 5.91 Å². The molecule has 1 N–H and O–H groups in total. The van der Waals surface area contributed by atoms with E-state index in [1.54, 1.807) is 12.1 Å². The third kappa shape index (κ3) is 2.62. The number of halogens is 1. The number of amides is 1. The second-order valence-electron chi connectivity index (χ2n) is 4.42. The molecule has 1 heterocycles. The molecule has 0 aliphatic carbocycles. The van der Waals surface area contributed by atoms with Gasteiger partial charge in [-0.05, 0) is 18.2 Å². The minimum absolute atomic E-state index is 0.0640. The summed E-state index contributed by atoms with van der Waals surface area (Å²) in [5.74, 6) is 0.0371. The molecule has 0 fully saturated rings. The van der Waals surface area contributed by atoms with Gasteiger partial charge in [0, 0.05) is 13.0 Å². The monoisotopic (exact) mass is 262 g/mol. The highest BCUT2D eigenvalue weighted by molar-refractivity contribution is 5.90. The van der Waals surface area contributed by atoms with Gasteiger partial charge in [0.1, 0.15) is 11.6 Å². The fraction of sp³-hybridized carbons (Fsp3) is 0.308. The Balaban J connectivity index is 2.55. The molecule has 0 saturated carbocycles. The summed E-state index contributed by atoms with van der Waals surface area (Å²) in [6.45, 7) is 3.88. The smallest absolute Gasteiger partial charge is 0.290 e. The van der Waals surface area contributed by atoms with Crippen LogP contribution >= 0.6 is 0 Å². The number of carbonyl (C=O) groups is 1. The third-order valence-corrected chi connectivity index (χ3v) is 2.63. The number of hydrogen-bond donors (Lipinski definition) is 1. The van der Waals surface area contributed by atoms with Crippen molar-refractivity contribution in [3.05, 3.63) is 41.7 Å². The number of rotatable bonds is 3. The maximum Gasteiger partial charge on any atom is 0.290 e. The highest BCUT2D eigenvalue weighted by atomic mass is 19.1. The fourth-order valence-corrected chi connectivity index (χ4v) is 1.70. The maximum atomic E-state index is 13.3. The minimum Gasteiger partial charge on any atom is -0.352 e. The lowest BCUT2D eigenvalue weighted by Crippen LogP contribution is -2.19. The van der Waals surface area contributed by atoms with E-state index >= 15 is 0 Å². The molecule has 1 aromatic carbocycles. The molecule has 0 radical (unpaired) electrons. The average Bonchev–Trinajstić information content (AvgIpc) is 2.83. The van der Waals surface area contributed by atoms with Gasteiger partial charge >= 0.3 is 0 Å². The van der Waals surface area contributed by atoms with Gasteiger partial charge in [-0.2, -0.15) is 0 Å². The van der Waals surface area contributed by atoms with Crippen LogP contribution in [0, 0.1) is 5.82 Å². The summed E-state index contributed by atoms with van der Waals surface area (Å²) < 4.78 is 14.8. The van der Waals surface area contributed by atoms with Crippen molar-refractivity contribution in [2.45, 2.75) is 19.8 Å². The topological polar surface area (TPSA) is 59.8 Å². The molecule has 100 valence electrons. The minimum atomic E-state index is -0.364. The van der Waals surface area contributed by atoms with E-state index in [0.29, 0.717) is 11.5 Å². The Labute approximate surface area is 110 Å². The van der Waals surface area contributed by atoms with Crippen LogP contribution in [-0.2, 0) is 0 Å². The van der Waals surface area contributed by atoms with Crippen LogP contribution in [-0.4, -0.2) is 27.7 Å². The summed E-state index contributed by atoms with van der Waals surface area (Å²) >= 11 is 0. The lowest BCUT2D eigenvalue weighted by Gasteiger charge is -2.07. The highest BCUT2D eigenvalue weighted by Gasteiger charge is 2.18. The second-order valence-corrected chi connectivity index (χ2v) is 4.42. The molecule has 0 spiro atoms. The van der Waals surface area contributed by atoms with Gasteiger partial charge in [-0.25, -0.2) is 14.1 Å². The van der Waals surface area contributed by atoms with Gasteiger partial charge in [-0.15, -0.1) is 5.10 Å². The fourth-order valence-electron chi connectivity index (χ4n) is 1.70. The molecule has 0 atom stereocenters. The van der Waals surface area contributed by atoms with Crippen molar-refractivity contribution in [1.82, 2.24) is 20.1 Å². The molecule has 1 aromatic heterocycles. The number of hydrogen-bond acceptors (Lipinski definition) is 3. The second kappa shape index (κ2) is 5.17. The van der Waals surface area contributed by atoms with Crippen molar-refractivity contribution < 1.29 is 9.18 Å². The van der Waals surface area contributed by atoms with Crippen molar-refractivity contribution >= 4 is 5.91 Å². The summed E-state index contributed by atoms with van der Waals surface area (Å²) in [7, 11) is 1.51. The Morgan fingerprint density at radius 3 is 2.74 bits per heavy atom. The summed E-state index contributed by atoms with van der Waals surface area (Å²) in [4.78, 5) is 15.8. The zero-order valence-corrected chi connectivity index (χ0v) is 11.0. The van der Waals surface area contributed by atoms with Crippen LogP contribution in [0.5, 0.6) is 0 Å². The first-order valence-corrected chi connectivity index (χ1v) is 5.98. The lowest BCUT2D eigenvalue weighted by atomic mass is 10.2. The van der Waals surface area contributed by atoms with E-state index in [2.05, 4.69) is 15.4 Å².